The molecular formula is C12H19N3O6. The van der Waals surface area contributed by atoms with Gasteiger partial charge in [0.25, 0.3) is 0 Å². The molecule has 0 saturated carbocycles. The molecule has 0 amide bonds. The normalized spacial score (nSPS) is 35.0. The summed E-state index contributed by atoms with van der Waals surface area (Å²) < 4.78 is 21.0. The summed E-state index contributed by atoms with van der Waals surface area (Å²) in [5.74, 6) is 0.629. The van der Waals surface area contributed by atoms with Crippen molar-refractivity contribution in [3.05, 3.63) is 12.0 Å². The minimum Gasteiger partial charge on any atom is -0.476 e. The van der Waals surface area contributed by atoms with Crippen molar-refractivity contribution in [3.8, 4) is 0 Å². The van der Waals surface area contributed by atoms with Crippen LogP contribution in [-0.4, -0.2) is 75.0 Å². The number of nitrogens with zero attached hydrogens (tertiary/aromatic N) is 2. The molecule has 4 aliphatic rings. The summed E-state index contributed by atoms with van der Waals surface area (Å²) in [5.41, 5.74) is 3.01. The molecule has 1 N–H and O–H groups in total. The zero-order valence-electron chi connectivity index (χ0n) is 11.6. The molecule has 0 aromatic heterocycles. The van der Waals surface area contributed by atoms with Crippen LogP contribution in [0.4, 0.5) is 0 Å². The summed E-state index contributed by atoms with van der Waals surface area (Å²) in [4.78, 5) is 11.3. The van der Waals surface area contributed by atoms with E-state index in [1.54, 1.807) is 5.17 Å². The van der Waals surface area contributed by atoms with E-state index in [-0.39, 0.29) is 18.3 Å². The average Bonchev–Trinajstić information content (AvgIpc) is 3.39. The fourth-order valence-electron chi connectivity index (χ4n) is 1.72. The van der Waals surface area contributed by atoms with Crippen molar-refractivity contribution in [2.45, 2.75) is 18.3 Å². The lowest BCUT2D eigenvalue weighted by molar-refractivity contribution is -0.429. The van der Waals surface area contributed by atoms with Crippen LogP contribution in [0.15, 0.2) is 12.0 Å². The van der Waals surface area contributed by atoms with Crippen LogP contribution >= 0.6 is 0 Å². The monoisotopic (exact) mass is 301 g/mol. The van der Waals surface area contributed by atoms with E-state index in [1.165, 1.54) is 5.28 Å². The third kappa shape index (κ3) is 4.27. The second-order valence-corrected chi connectivity index (χ2v) is 5.26. The molecule has 4 heterocycles. The molecule has 0 aliphatic carbocycles. The third-order valence-electron chi connectivity index (χ3n) is 3.27. The van der Waals surface area contributed by atoms with Crippen LogP contribution in [0.3, 0.4) is 0 Å². The van der Waals surface area contributed by atoms with Gasteiger partial charge in [-0.25, -0.2) is 5.43 Å². The number of nitrogens with one attached hydrogen (secondary N) is 1. The Morgan fingerprint density at radius 3 is 2.29 bits per heavy atom. The Morgan fingerprint density at radius 2 is 1.62 bits per heavy atom. The Kier molecular flexibility index (Phi) is 3.95. The van der Waals surface area contributed by atoms with Gasteiger partial charge in [-0.05, 0) is 6.08 Å². The number of hydrogen-bond acceptors (Lipinski definition) is 9. The second kappa shape index (κ2) is 6.05. The van der Waals surface area contributed by atoms with E-state index in [1.807, 2.05) is 6.08 Å². The van der Waals surface area contributed by atoms with Gasteiger partial charge in [0.1, 0.15) is 31.5 Å². The van der Waals surface area contributed by atoms with Crippen molar-refractivity contribution in [3.63, 3.8) is 0 Å². The highest BCUT2D eigenvalue weighted by atomic mass is 16.9. The Labute approximate surface area is 122 Å². The van der Waals surface area contributed by atoms with E-state index in [2.05, 4.69) is 5.43 Å². The van der Waals surface area contributed by atoms with Gasteiger partial charge in [0.2, 0.25) is 5.88 Å². The standard InChI is InChI=1S/C12H19N3O6/c1-2-14(20-7-10-4-17-10)15(21-8-11-5-18-11)13-12(1)19-6-9-3-16-9/h1,9-11,13H,2-8H2. The number of hydrazine groups is 2. The van der Waals surface area contributed by atoms with Gasteiger partial charge < -0.3 is 18.9 Å². The van der Waals surface area contributed by atoms with Crippen LogP contribution in [0.5, 0.6) is 0 Å². The molecule has 0 aromatic rings. The smallest absolute Gasteiger partial charge is 0.201 e. The fourth-order valence-corrected chi connectivity index (χ4v) is 1.72. The fraction of sp³-hybridized carbons (Fsp3) is 0.833. The molecule has 4 aliphatic heterocycles. The van der Waals surface area contributed by atoms with Crippen LogP contribution in [0.1, 0.15) is 0 Å². The van der Waals surface area contributed by atoms with Crippen LogP contribution in [0, 0.1) is 0 Å². The lowest BCUT2D eigenvalue weighted by Gasteiger charge is -2.35. The van der Waals surface area contributed by atoms with Crippen molar-refractivity contribution in [1.82, 2.24) is 15.9 Å². The summed E-state index contributed by atoms with van der Waals surface area (Å²) in [6, 6.07) is 0. The van der Waals surface area contributed by atoms with Crippen LogP contribution in [0.25, 0.3) is 0 Å². The summed E-state index contributed by atoms with van der Waals surface area (Å²) >= 11 is 0. The highest BCUT2D eigenvalue weighted by Gasteiger charge is 2.31. The zero-order valence-corrected chi connectivity index (χ0v) is 11.6. The van der Waals surface area contributed by atoms with E-state index >= 15 is 0 Å². The first-order chi connectivity index (χ1) is 10.4. The number of epoxide rings is 3. The zero-order chi connectivity index (χ0) is 14.1. The number of hydrogen-bond donors (Lipinski definition) is 1. The first kappa shape index (κ1) is 13.7. The summed E-state index contributed by atoms with van der Waals surface area (Å²) in [6.45, 7) is 4.28. The molecule has 0 aromatic carbocycles. The van der Waals surface area contributed by atoms with Gasteiger partial charge in [0, 0.05) is 5.28 Å². The van der Waals surface area contributed by atoms with Gasteiger partial charge in [-0.2, -0.15) is 0 Å². The second-order valence-electron chi connectivity index (χ2n) is 5.26. The predicted octanol–water partition coefficient (Wildman–Crippen LogP) is -1.06. The first-order valence-corrected chi connectivity index (χ1v) is 7.14. The molecule has 9 heteroatoms. The molecule has 0 radical (unpaired) electrons. The molecule has 3 unspecified atom stereocenters. The molecular weight excluding hydrogens is 282 g/mol. The van der Waals surface area contributed by atoms with E-state index < -0.39 is 0 Å². The molecule has 3 fully saturated rings. The molecule has 4 rings (SSSR count). The lowest BCUT2D eigenvalue weighted by Crippen LogP contribution is -2.54. The Hall–Kier alpha value is -0.940. The summed E-state index contributed by atoms with van der Waals surface area (Å²) in [6.07, 6.45) is 2.45. The molecule has 0 bridgehead atoms. The highest BCUT2D eigenvalue weighted by Crippen LogP contribution is 2.17. The van der Waals surface area contributed by atoms with E-state index in [0.717, 1.165) is 19.8 Å². The maximum absolute atomic E-state index is 5.64. The van der Waals surface area contributed by atoms with Crippen LogP contribution in [-0.2, 0) is 28.6 Å². The van der Waals surface area contributed by atoms with Crippen molar-refractivity contribution < 1.29 is 28.6 Å². The molecule has 118 valence electrons. The third-order valence-corrected chi connectivity index (χ3v) is 3.27. The maximum atomic E-state index is 5.64. The molecule has 21 heavy (non-hydrogen) atoms. The van der Waals surface area contributed by atoms with E-state index in [0.29, 0.717) is 32.2 Å². The lowest BCUT2D eigenvalue weighted by atomic mass is 10.5. The molecule has 9 nitrogen and oxygen atoms in total. The Morgan fingerprint density at radius 1 is 1.00 bits per heavy atom. The Bertz CT molecular complexity index is 396. The highest BCUT2D eigenvalue weighted by molar-refractivity contribution is 4.93. The Balaban J connectivity index is 1.28. The average molecular weight is 301 g/mol. The quantitative estimate of drug-likeness (QED) is 0.536. The molecule has 0 spiro atoms. The number of ether oxygens (including phenoxy) is 4. The minimum absolute atomic E-state index is 0.163. The summed E-state index contributed by atoms with van der Waals surface area (Å²) in [5, 5.41) is 3.03. The van der Waals surface area contributed by atoms with Crippen molar-refractivity contribution in [2.24, 2.45) is 0 Å². The van der Waals surface area contributed by atoms with Crippen molar-refractivity contribution in [2.75, 3.05) is 46.2 Å². The van der Waals surface area contributed by atoms with Crippen LogP contribution in [0.2, 0.25) is 0 Å². The largest absolute Gasteiger partial charge is 0.476 e. The van der Waals surface area contributed by atoms with Gasteiger partial charge in [0.15, 0.2) is 0 Å². The molecule has 3 atom stereocenters. The molecule has 3 saturated heterocycles. The topological polar surface area (TPSA) is 83.8 Å². The SMILES string of the molecule is C1=C(OCC2CO2)NN(OCC2CO2)N(OCC2CO2)C1. The van der Waals surface area contributed by atoms with Gasteiger partial charge in [-0.3, -0.25) is 9.68 Å². The maximum Gasteiger partial charge on any atom is 0.201 e. The van der Waals surface area contributed by atoms with Crippen molar-refractivity contribution in [1.29, 1.82) is 0 Å². The summed E-state index contributed by atoms with van der Waals surface area (Å²) in [7, 11) is 0. The van der Waals surface area contributed by atoms with Gasteiger partial charge in [0.05, 0.1) is 33.0 Å². The van der Waals surface area contributed by atoms with Crippen molar-refractivity contribution >= 4 is 0 Å². The number of rotatable bonds is 9. The van der Waals surface area contributed by atoms with E-state index in [4.69, 9.17) is 28.6 Å². The minimum atomic E-state index is 0.163. The predicted molar refractivity (Wildman–Crippen MR) is 66.8 cm³/mol. The van der Waals surface area contributed by atoms with Crippen LogP contribution < -0.4 is 5.43 Å². The van der Waals surface area contributed by atoms with Gasteiger partial charge in [-0.1, -0.05) is 5.17 Å². The van der Waals surface area contributed by atoms with Gasteiger partial charge >= 0.3 is 0 Å². The van der Waals surface area contributed by atoms with E-state index in [9.17, 15) is 0 Å². The first-order valence-electron chi connectivity index (χ1n) is 7.14. The van der Waals surface area contributed by atoms with Gasteiger partial charge in [-0.15, -0.1) is 0 Å². The number of hydroxylamine groups is 1.